The van der Waals surface area contributed by atoms with Gasteiger partial charge in [0, 0.05) is 0 Å². The van der Waals surface area contributed by atoms with E-state index in [4.69, 9.17) is 9.47 Å². The maximum Gasteiger partial charge on any atom is 0.311 e. The third-order valence-corrected chi connectivity index (χ3v) is 3.00. The Hall–Kier alpha value is -1.55. The molecule has 0 amide bonds. The Morgan fingerprint density at radius 1 is 1.37 bits per heavy atom. The molecule has 1 N–H and O–H groups in total. The average molecular weight is 266 g/mol. The molecule has 0 bridgehead atoms. The van der Waals surface area contributed by atoms with Crippen LogP contribution < -0.4 is 4.74 Å². The number of rotatable bonds is 7. The van der Waals surface area contributed by atoms with Crippen LogP contribution in [0.25, 0.3) is 0 Å². The Labute approximate surface area is 114 Å². The largest absolute Gasteiger partial charge is 0.494 e. The van der Waals surface area contributed by atoms with Gasteiger partial charge in [0.25, 0.3) is 0 Å². The Kier molecular flexibility index (Phi) is 6.36. The number of ether oxygens (including phenoxy) is 2. The van der Waals surface area contributed by atoms with Gasteiger partial charge in [-0.05, 0) is 30.5 Å². The number of benzene rings is 1. The number of hydrogen-bond donors (Lipinski definition) is 1. The van der Waals surface area contributed by atoms with E-state index in [2.05, 4.69) is 0 Å². The molecule has 4 heteroatoms. The van der Waals surface area contributed by atoms with Gasteiger partial charge in [-0.15, -0.1) is 0 Å². The predicted octanol–water partition coefficient (Wildman–Crippen LogP) is 2.71. The predicted molar refractivity (Wildman–Crippen MR) is 73.0 cm³/mol. The summed E-state index contributed by atoms with van der Waals surface area (Å²) in [4.78, 5) is 11.6. The molecule has 2 unspecified atom stereocenters. The second-order valence-electron chi connectivity index (χ2n) is 4.40. The number of hydrogen-bond acceptors (Lipinski definition) is 4. The Morgan fingerprint density at radius 3 is 2.68 bits per heavy atom. The SMILES string of the molecule is CCCOc1cccc(C(O)C(CC)C(=O)OC)c1. The molecule has 0 saturated carbocycles. The Balaban J connectivity index is 2.85. The normalized spacial score (nSPS) is 13.7. The summed E-state index contributed by atoms with van der Waals surface area (Å²) in [7, 11) is 1.33. The Bertz CT molecular complexity index is 403. The van der Waals surface area contributed by atoms with Crippen LogP contribution in [-0.2, 0) is 9.53 Å². The third kappa shape index (κ3) is 4.24. The van der Waals surface area contributed by atoms with Crippen molar-refractivity contribution in [1.29, 1.82) is 0 Å². The molecule has 0 saturated heterocycles. The zero-order valence-electron chi connectivity index (χ0n) is 11.8. The lowest BCUT2D eigenvalue weighted by molar-refractivity contribution is -0.149. The highest BCUT2D eigenvalue weighted by Crippen LogP contribution is 2.28. The molecule has 4 nitrogen and oxygen atoms in total. The maximum atomic E-state index is 11.6. The van der Waals surface area contributed by atoms with Crippen molar-refractivity contribution >= 4 is 5.97 Å². The van der Waals surface area contributed by atoms with E-state index in [1.165, 1.54) is 7.11 Å². The summed E-state index contributed by atoms with van der Waals surface area (Å²) in [5.41, 5.74) is 0.672. The molecule has 0 heterocycles. The number of carbonyl (C=O) groups excluding carboxylic acids is 1. The third-order valence-electron chi connectivity index (χ3n) is 3.00. The number of carbonyl (C=O) groups is 1. The van der Waals surface area contributed by atoms with E-state index in [9.17, 15) is 9.90 Å². The minimum Gasteiger partial charge on any atom is -0.494 e. The lowest BCUT2D eigenvalue weighted by Gasteiger charge is -2.20. The van der Waals surface area contributed by atoms with Gasteiger partial charge in [0.1, 0.15) is 5.75 Å². The van der Waals surface area contributed by atoms with Gasteiger partial charge in [-0.25, -0.2) is 0 Å². The van der Waals surface area contributed by atoms with E-state index in [1.54, 1.807) is 12.1 Å². The van der Waals surface area contributed by atoms with Gasteiger partial charge in [-0.3, -0.25) is 4.79 Å². The van der Waals surface area contributed by atoms with Gasteiger partial charge in [0.05, 0.1) is 25.7 Å². The van der Waals surface area contributed by atoms with Crippen LogP contribution in [0.2, 0.25) is 0 Å². The minimum absolute atomic E-state index is 0.394. The van der Waals surface area contributed by atoms with Gasteiger partial charge in [-0.2, -0.15) is 0 Å². The van der Waals surface area contributed by atoms with Crippen molar-refractivity contribution in [2.24, 2.45) is 5.92 Å². The molecule has 1 aromatic carbocycles. The first-order valence-corrected chi connectivity index (χ1v) is 6.62. The fourth-order valence-corrected chi connectivity index (χ4v) is 1.91. The molecular weight excluding hydrogens is 244 g/mol. The molecule has 1 rings (SSSR count). The standard InChI is InChI=1S/C15H22O4/c1-4-9-19-12-8-6-7-11(10-12)14(16)13(5-2)15(17)18-3/h6-8,10,13-14,16H,4-5,9H2,1-3H3. The first-order valence-electron chi connectivity index (χ1n) is 6.62. The highest BCUT2D eigenvalue weighted by Gasteiger charge is 2.27. The van der Waals surface area contributed by atoms with Crippen molar-refractivity contribution in [2.45, 2.75) is 32.8 Å². The number of aliphatic hydroxyl groups excluding tert-OH is 1. The van der Waals surface area contributed by atoms with Gasteiger partial charge < -0.3 is 14.6 Å². The van der Waals surface area contributed by atoms with E-state index < -0.39 is 18.0 Å². The summed E-state index contributed by atoms with van der Waals surface area (Å²) in [6, 6.07) is 7.21. The van der Waals surface area contributed by atoms with Crippen molar-refractivity contribution in [3.63, 3.8) is 0 Å². The Morgan fingerprint density at radius 2 is 2.11 bits per heavy atom. The summed E-state index contributed by atoms with van der Waals surface area (Å²) >= 11 is 0. The number of methoxy groups -OCH3 is 1. The van der Waals surface area contributed by atoms with E-state index in [1.807, 2.05) is 26.0 Å². The van der Waals surface area contributed by atoms with Crippen molar-refractivity contribution in [2.75, 3.05) is 13.7 Å². The lowest BCUT2D eigenvalue weighted by Crippen LogP contribution is -2.23. The molecular formula is C15H22O4. The van der Waals surface area contributed by atoms with E-state index in [-0.39, 0.29) is 0 Å². The van der Waals surface area contributed by atoms with E-state index >= 15 is 0 Å². The molecule has 0 aliphatic heterocycles. The zero-order valence-corrected chi connectivity index (χ0v) is 11.8. The van der Waals surface area contributed by atoms with Crippen molar-refractivity contribution in [3.05, 3.63) is 29.8 Å². The summed E-state index contributed by atoms with van der Waals surface area (Å²) in [5.74, 6) is -0.237. The summed E-state index contributed by atoms with van der Waals surface area (Å²) in [5, 5.41) is 10.3. The van der Waals surface area contributed by atoms with E-state index in [0.29, 0.717) is 24.3 Å². The van der Waals surface area contributed by atoms with Crippen molar-refractivity contribution in [1.82, 2.24) is 0 Å². The molecule has 0 aliphatic rings. The fourth-order valence-electron chi connectivity index (χ4n) is 1.91. The van der Waals surface area contributed by atoms with Crippen LogP contribution in [0.4, 0.5) is 0 Å². The van der Waals surface area contributed by atoms with Gasteiger partial charge in [-0.1, -0.05) is 26.0 Å². The van der Waals surface area contributed by atoms with Crippen LogP contribution in [0, 0.1) is 5.92 Å². The highest BCUT2D eigenvalue weighted by atomic mass is 16.5. The van der Waals surface area contributed by atoms with Crippen LogP contribution in [0.3, 0.4) is 0 Å². The summed E-state index contributed by atoms with van der Waals surface area (Å²) in [6.45, 7) is 4.51. The number of esters is 1. The highest BCUT2D eigenvalue weighted by molar-refractivity contribution is 5.73. The van der Waals surface area contributed by atoms with Crippen LogP contribution in [-0.4, -0.2) is 24.8 Å². The van der Waals surface area contributed by atoms with E-state index in [0.717, 1.165) is 6.42 Å². The monoisotopic (exact) mass is 266 g/mol. The summed E-state index contributed by atoms with van der Waals surface area (Å²) in [6.07, 6.45) is 0.572. The molecule has 0 aromatic heterocycles. The first kappa shape index (κ1) is 15.5. The fraction of sp³-hybridized carbons (Fsp3) is 0.533. The molecule has 0 radical (unpaired) electrons. The second-order valence-corrected chi connectivity index (χ2v) is 4.40. The molecule has 0 aliphatic carbocycles. The molecule has 0 spiro atoms. The van der Waals surface area contributed by atoms with Crippen LogP contribution in [0.5, 0.6) is 5.75 Å². The minimum atomic E-state index is -0.873. The molecule has 1 aromatic rings. The molecule has 0 fully saturated rings. The smallest absolute Gasteiger partial charge is 0.311 e. The molecule has 106 valence electrons. The maximum absolute atomic E-state index is 11.6. The number of aliphatic hydroxyl groups is 1. The van der Waals surface area contributed by atoms with Gasteiger partial charge in [0.2, 0.25) is 0 Å². The van der Waals surface area contributed by atoms with Crippen LogP contribution >= 0.6 is 0 Å². The van der Waals surface area contributed by atoms with Crippen LogP contribution in [0.1, 0.15) is 38.4 Å². The quantitative estimate of drug-likeness (QED) is 0.771. The van der Waals surface area contributed by atoms with Gasteiger partial charge in [0.15, 0.2) is 0 Å². The van der Waals surface area contributed by atoms with Crippen molar-refractivity contribution < 1.29 is 19.4 Å². The molecule has 2 atom stereocenters. The van der Waals surface area contributed by atoms with Gasteiger partial charge >= 0.3 is 5.97 Å². The zero-order chi connectivity index (χ0) is 14.3. The second kappa shape index (κ2) is 7.79. The lowest BCUT2D eigenvalue weighted by atomic mass is 9.93. The van der Waals surface area contributed by atoms with Crippen molar-refractivity contribution in [3.8, 4) is 5.75 Å². The topological polar surface area (TPSA) is 55.8 Å². The first-order chi connectivity index (χ1) is 9.13. The molecule has 19 heavy (non-hydrogen) atoms. The summed E-state index contributed by atoms with van der Waals surface area (Å²) < 4.78 is 10.2. The average Bonchev–Trinajstić information content (AvgIpc) is 2.45. The van der Waals surface area contributed by atoms with Crippen LogP contribution in [0.15, 0.2) is 24.3 Å².